The van der Waals surface area contributed by atoms with Crippen LogP contribution < -0.4 is 10.1 Å². The molecule has 1 unspecified atom stereocenters. The average Bonchev–Trinajstić information content (AvgIpc) is 2.78. The van der Waals surface area contributed by atoms with Gasteiger partial charge in [-0.05, 0) is 54.4 Å². The van der Waals surface area contributed by atoms with Crippen molar-refractivity contribution in [3.63, 3.8) is 0 Å². The Morgan fingerprint density at radius 1 is 1.07 bits per heavy atom. The van der Waals surface area contributed by atoms with E-state index in [4.69, 9.17) is 9.47 Å². The fraction of sp³-hybridized carbons (Fsp3) is 0.208. The molecule has 0 heterocycles. The molecule has 0 aromatic heterocycles. The predicted octanol–water partition coefficient (Wildman–Crippen LogP) is 5.10. The maximum Gasteiger partial charge on any atom is 0.312 e. The summed E-state index contributed by atoms with van der Waals surface area (Å²) in [7, 11) is 2.89. The first-order valence-electron chi connectivity index (χ1n) is 9.50. The van der Waals surface area contributed by atoms with Gasteiger partial charge in [-0.2, -0.15) is 0 Å². The number of aromatic hydroxyl groups is 1. The third-order valence-electron chi connectivity index (χ3n) is 5.01. The molecule has 0 aliphatic rings. The largest absolute Gasteiger partial charge is 0.508 e. The Hall–Kier alpha value is -3.54. The Balaban J connectivity index is 1.72. The van der Waals surface area contributed by atoms with Gasteiger partial charge in [-0.15, -0.1) is 0 Å². The lowest BCUT2D eigenvalue weighted by Crippen LogP contribution is -2.11. The summed E-state index contributed by atoms with van der Waals surface area (Å²) in [4.78, 5) is 11.7. The Labute approximate surface area is 175 Å². The van der Waals surface area contributed by atoms with Gasteiger partial charge < -0.3 is 19.9 Å². The molecule has 0 aliphatic heterocycles. The SMILES string of the molecule is COC(=O)C(C)c1ccc(-c2ccc(NCc3cc(OC)ccc3O)cc2)c(F)c1. The Morgan fingerprint density at radius 3 is 2.43 bits per heavy atom. The lowest BCUT2D eigenvalue weighted by Gasteiger charge is -2.12. The molecule has 0 bridgehead atoms. The van der Waals surface area contributed by atoms with Crippen molar-refractivity contribution < 1.29 is 23.8 Å². The number of hydrogen-bond donors (Lipinski definition) is 2. The fourth-order valence-corrected chi connectivity index (χ4v) is 3.14. The van der Waals surface area contributed by atoms with Gasteiger partial charge in [-0.3, -0.25) is 4.79 Å². The third kappa shape index (κ3) is 4.71. The first-order valence-corrected chi connectivity index (χ1v) is 9.50. The zero-order chi connectivity index (χ0) is 21.7. The van der Waals surface area contributed by atoms with Gasteiger partial charge in [0.05, 0.1) is 20.1 Å². The van der Waals surface area contributed by atoms with E-state index in [0.29, 0.717) is 29.0 Å². The summed E-state index contributed by atoms with van der Waals surface area (Å²) in [6.45, 7) is 2.09. The van der Waals surface area contributed by atoms with E-state index in [0.717, 1.165) is 11.3 Å². The predicted molar refractivity (Wildman–Crippen MR) is 114 cm³/mol. The number of ether oxygens (including phenoxy) is 2. The molecule has 0 radical (unpaired) electrons. The number of methoxy groups -OCH3 is 2. The minimum absolute atomic E-state index is 0.184. The highest BCUT2D eigenvalue weighted by Gasteiger charge is 2.17. The number of benzene rings is 3. The van der Waals surface area contributed by atoms with Gasteiger partial charge in [-0.1, -0.05) is 24.3 Å². The number of carbonyl (C=O) groups is 1. The third-order valence-corrected chi connectivity index (χ3v) is 5.01. The Kier molecular flexibility index (Phi) is 6.57. The van der Waals surface area contributed by atoms with Gasteiger partial charge in [0.2, 0.25) is 0 Å². The van der Waals surface area contributed by atoms with Gasteiger partial charge in [0.25, 0.3) is 0 Å². The molecule has 3 aromatic carbocycles. The van der Waals surface area contributed by atoms with Crippen molar-refractivity contribution >= 4 is 11.7 Å². The highest BCUT2D eigenvalue weighted by atomic mass is 19.1. The van der Waals surface area contributed by atoms with Crippen molar-refractivity contribution in [2.45, 2.75) is 19.4 Å². The van der Waals surface area contributed by atoms with Crippen molar-refractivity contribution in [3.8, 4) is 22.6 Å². The molecule has 156 valence electrons. The molecule has 0 aliphatic carbocycles. The average molecular weight is 409 g/mol. The molecule has 0 saturated carbocycles. The maximum absolute atomic E-state index is 14.6. The normalized spacial score (nSPS) is 11.6. The van der Waals surface area contributed by atoms with Crippen LogP contribution in [-0.2, 0) is 16.1 Å². The van der Waals surface area contributed by atoms with E-state index >= 15 is 0 Å². The first kappa shape index (κ1) is 21.2. The van der Waals surface area contributed by atoms with Gasteiger partial charge in [-0.25, -0.2) is 4.39 Å². The summed E-state index contributed by atoms with van der Waals surface area (Å²) in [5.41, 5.74) is 3.28. The van der Waals surface area contributed by atoms with Crippen molar-refractivity contribution in [2.24, 2.45) is 0 Å². The zero-order valence-electron chi connectivity index (χ0n) is 17.1. The molecule has 6 heteroatoms. The summed E-state index contributed by atoms with van der Waals surface area (Å²) in [6, 6.07) is 17.1. The molecule has 0 amide bonds. The topological polar surface area (TPSA) is 67.8 Å². The molecular formula is C24H24FNO4. The van der Waals surface area contributed by atoms with Crippen LogP contribution in [0, 0.1) is 5.82 Å². The number of esters is 1. The van der Waals surface area contributed by atoms with Gasteiger partial charge >= 0.3 is 5.97 Å². The van der Waals surface area contributed by atoms with E-state index in [9.17, 15) is 14.3 Å². The van der Waals surface area contributed by atoms with Crippen LogP contribution in [0.5, 0.6) is 11.5 Å². The molecule has 3 rings (SSSR count). The minimum Gasteiger partial charge on any atom is -0.508 e. The second-order valence-corrected chi connectivity index (χ2v) is 6.91. The highest BCUT2D eigenvalue weighted by Crippen LogP contribution is 2.28. The first-order chi connectivity index (χ1) is 14.4. The van der Waals surface area contributed by atoms with E-state index in [-0.39, 0.29) is 5.75 Å². The number of phenols is 1. The van der Waals surface area contributed by atoms with E-state index in [2.05, 4.69) is 5.32 Å². The van der Waals surface area contributed by atoms with Crippen LogP contribution in [0.25, 0.3) is 11.1 Å². The molecule has 5 nitrogen and oxygen atoms in total. The van der Waals surface area contributed by atoms with Crippen LogP contribution >= 0.6 is 0 Å². The maximum atomic E-state index is 14.6. The van der Waals surface area contributed by atoms with E-state index < -0.39 is 17.7 Å². The summed E-state index contributed by atoms with van der Waals surface area (Å²) in [5.74, 6) is -0.480. The lowest BCUT2D eigenvalue weighted by atomic mass is 9.97. The van der Waals surface area contributed by atoms with Gasteiger partial charge in [0, 0.05) is 23.4 Å². The second kappa shape index (κ2) is 9.31. The van der Waals surface area contributed by atoms with Crippen LogP contribution in [0.15, 0.2) is 60.7 Å². The van der Waals surface area contributed by atoms with Crippen LogP contribution in [0.4, 0.5) is 10.1 Å². The van der Waals surface area contributed by atoms with E-state index in [1.165, 1.54) is 13.2 Å². The van der Waals surface area contributed by atoms with Crippen LogP contribution in [-0.4, -0.2) is 25.3 Å². The van der Waals surface area contributed by atoms with Crippen molar-refractivity contribution in [2.75, 3.05) is 19.5 Å². The number of carbonyl (C=O) groups excluding carboxylic acids is 1. The molecule has 30 heavy (non-hydrogen) atoms. The molecular weight excluding hydrogens is 385 g/mol. The van der Waals surface area contributed by atoms with Gasteiger partial charge in [0.15, 0.2) is 0 Å². The quantitative estimate of drug-likeness (QED) is 0.532. The smallest absolute Gasteiger partial charge is 0.312 e. The van der Waals surface area contributed by atoms with Crippen molar-refractivity contribution in [3.05, 3.63) is 77.6 Å². The van der Waals surface area contributed by atoms with Crippen molar-refractivity contribution in [1.29, 1.82) is 0 Å². The summed E-state index contributed by atoms with van der Waals surface area (Å²) in [6.07, 6.45) is 0. The number of phenolic OH excluding ortho intramolecular Hbond substituents is 1. The monoisotopic (exact) mass is 409 g/mol. The second-order valence-electron chi connectivity index (χ2n) is 6.91. The summed E-state index contributed by atoms with van der Waals surface area (Å²) in [5, 5.41) is 13.2. The highest BCUT2D eigenvalue weighted by molar-refractivity contribution is 5.78. The minimum atomic E-state index is -0.529. The number of halogens is 1. The molecule has 0 saturated heterocycles. The number of anilines is 1. The standard InChI is InChI=1S/C24H24FNO4/c1-15(24(28)30-3)17-6-10-21(22(25)13-17)16-4-7-19(8-5-16)26-14-18-12-20(29-2)9-11-23(18)27/h4-13,15,26-27H,14H2,1-3H3. The van der Waals surface area contributed by atoms with Crippen molar-refractivity contribution in [1.82, 2.24) is 0 Å². The van der Waals surface area contributed by atoms with Crippen LogP contribution in [0.1, 0.15) is 24.0 Å². The Bertz CT molecular complexity index is 1030. The lowest BCUT2D eigenvalue weighted by molar-refractivity contribution is -0.141. The number of hydrogen-bond acceptors (Lipinski definition) is 5. The van der Waals surface area contributed by atoms with E-state index in [1.54, 1.807) is 44.4 Å². The van der Waals surface area contributed by atoms with Crippen LogP contribution in [0.3, 0.4) is 0 Å². The molecule has 1 atom stereocenters. The summed E-state index contributed by atoms with van der Waals surface area (Å²) < 4.78 is 24.5. The number of rotatable bonds is 7. The molecule has 0 fully saturated rings. The van der Waals surface area contributed by atoms with E-state index in [1.807, 2.05) is 24.3 Å². The number of nitrogens with one attached hydrogen (secondary N) is 1. The molecule has 0 spiro atoms. The van der Waals surface area contributed by atoms with Crippen LogP contribution in [0.2, 0.25) is 0 Å². The van der Waals surface area contributed by atoms with Gasteiger partial charge in [0.1, 0.15) is 17.3 Å². The Morgan fingerprint density at radius 2 is 1.80 bits per heavy atom. The summed E-state index contributed by atoms with van der Waals surface area (Å²) >= 11 is 0. The fourth-order valence-electron chi connectivity index (χ4n) is 3.14. The zero-order valence-corrected chi connectivity index (χ0v) is 17.1. The molecule has 2 N–H and O–H groups in total. The molecule has 3 aromatic rings.